The van der Waals surface area contributed by atoms with Gasteiger partial charge in [-0.3, -0.25) is 0 Å². The first-order chi connectivity index (χ1) is 11.5. The van der Waals surface area contributed by atoms with Gasteiger partial charge in [-0.05, 0) is 37.6 Å². The molecule has 130 valence electrons. The summed E-state index contributed by atoms with van der Waals surface area (Å²) < 4.78 is 43.1. The van der Waals surface area contributed by atoms with E-state index in [1.165, 1.54) is 0 Å². The average molecular weight is 351 g/mol. The summed E-state index contributed by atoms with van der Waals surface area (Å²) in [6.07, 6.45) is 2.96. The third kappa shape index (κ3) is 3.80. The molecule has 0 bridgehead atoms. The van der Waals surface area contributed by atoms with Gasteiger partial charge in [0.25, 0.3) is 0 Å². The molecule has 3 rings (SSSR count). The molecule has 2 atom stereocenters. The van der Waals surface area contributed by atoms with Gasteiger partial charge in [-0.2, -0.15) is 0 Å². The predicted molar refractivity (Wildman–Crippen MR) is 90.4 cm³/mol. The molecule has 2 unspecified atom stereocenters. The molecule has 0 radical (unpaired) electrons. The lowest BCUT2D eigenvalue weighted by molar-refractivity contribution is 0.140. The van der Waals surface area contributed by atoms with Crippen molar-refractivity contribution in [2.45, 2.75) is 31.2 Å². The van der Waals surface area contributed by atoms with E-state index in [1.807, 2.05) is 30.3 Å². The standard InChI is InChI=1S/C17H21NO5S/c1-12(2)24(19,20)18-16-10-22-11-17(16)23-15-5-3-13(4-6-15)14-7-8-21-9-14/h3-9,12,16-18H,10-11H2,1-2H3. The lowest BCUT2D eigenvalue weighted by Crippen LogP contribution is -2.47. The summed E-state index contributed by atoms with van der Waals surface area (Å²) in [5.74, 6) is 0.673. The van der Waals surface area contributed by atoms with Crippen LogP contribution in [-0.2, 0) is 14.8 Å². The highest BCUT2D eigenvalue weighted by molar-refractivity contribution is 7.90. The van der Waals surface area contributed by atoms with E-state index in [2.05, 4.69) is 4.72 Å². The number of nitrogens with one attached hydrogen (secondary N) is 1. The third-order valence-corrected chi connectivity index (χ3v) is 5.83. The Balaban J connectivity index is 1.66. The van der Waals surface area contributed by atoms with Crippen LogP contribution in [0.1, 0.15) is 13.8 Å². The van der Waals surface area contributed by atoms with Crippen molar-refractivity contribution in [3.05, 3.63) is 42.9 Å². The first-order valence-corrected chi connectivity index (χ1v) is 9.38. The van der Waals surface area contributed by atoms with Crippen LogP contribution in [0, 0.1) is 0 Å². The Labute approximate surface area is 141 Å². The average Bonchev–Trinajstić information content (AvgIpc) is 3.20. The summed E-state index contributed by atoms with van der Waals surface area (Å²) in [5.41, 5.74) is 2.02. The molecule has 1 N–H and O–H groups in total. The summed E-state index contributed by atoms with van der Waals surface area (Å²) in [4.78, 5) is 0. The van der Waals surface area contributed by atoms with Gasteiger partial charge in [-0.25, -0.2) is 13.1 Å². The maximum absolute atomic E-state index is 12.0. The summed E-state index contributed by atoms with van der Waals surface area (Å²) in [5, 5.41) is -0.493. The molecule has 1 aromatic carbocycles. The monoisotopic (exact) mass is 351 g/mol. The smallest absolute Gasteiger partial charge is 0.214 e. The molecule has 24 heavy (non-hydrogen) atoms. The van der Waals surface area contributed by atoms with Crippen molar-refractivity contribution in [1.29, 1.82) is 0 Å². The Morgan fingerprint density at radius 3 is 2.50 bits per heavy atom. The van der Waals surface area contributed by atoms with Crippen LogP contribution in [0.5, 0.6) is 5.75 Å². The molecule has 0 spiro atoms. The lowest BCUT2D eigenvalue weighted by atomic mass is 10.1. The number of ether oxygens (including phenoxy) is 2. The SMILES string of the molecule is CC(C)S(=O)(=O)NC1COCC1Oc1ccc(-c2ccoc2)cc1. The molecule has 6 nitrogen and oxygen atoms in total. The molecule has 1 aromatic heterocycles. The van der Waals surface area contributed by atoms with E-state index in [0.717, 1.165) is 11.1 Å². The fraction of sp³-hybridized carbons (Fsp3) is 0.412. The van der Waals surface area contributed by atoms with Crippen LogP contribution in [-0.4, -0.2) is 39.0 Å². The van der Waals surface area contributed by atoms with E-state index in [-0.39, 0.29) is 12.1 Å². The normalized spacial score (nSPS) is 21.3. The van der Waals surface area contributed by atoms with Gasteiger partial charge in [0, 0.05) is 5.56 Å². The predicted octanol–water partition coefficient (Wildman–Crippen LogP) is 2.42. The lowest BCUT2D eigenvalue weighted by Gasteiger charge is -2.21. The molecule has 2 aromatic rings. The van der Waals surface area contributed by atoms with Crippen molar-refractivity contribution in [3.8, 4) is 16.9 Å². The minimum atomic E-state index is -3.36. The molecule has 1 aliphatic rings. The second-order valence-corrected chi connectivity index (χ2v) is 8.32. The second-order valence-electron chi connectivity index (χ2n) is 6.05. The number of hydrogen-bond acceptors (Lipinski definition) is 5. The van der Waals surface area contributed by atoms with Gasteiger partial charge in [-0.15, -0.1) is 0 Å². The van der Waals surface area contributed by atoms with Crippen molar-refractivity contribution in [2.75, 3.05) is 13.2 Å². The van der Waals surface area contributed by atoms with E-state index in [4.69, 9.17) is 13.9 Å². The Morgan fingerprint density at radius 2 is 1.88 bits per heavy atom. The van der Waals surface area contributed by atoms with E-state index in [0.29, 0.717) is 19.0 Å². The number of hydrogen-bond donors (Lipinski definition) is 1. The van der Waals surface area contributed by atoms with Crippen molar-refractivity contribution < 1.29 is 22.3 Å². The number of benzene rings is 1. The van der Waals surface area contributed by atoms with Crippen molar-refractivity contribution in [1.82, 2.24) is 4.72 Å². The minimum absolute atomic E-state index is 0.309. The highest BCUT2D eigenvalue weighted by Gasteiger charge is 2.34. The minimum Gasteiger partial charge on any atom is -0.486 e. The molecule has 1 saturated heterocycles. The third-order valence-electron chi connectivity index (χ3n) is 3.96. The number of rotatable bonds is 6. The fourth-order valence-corrected chi connectivity index (χ4v) is 3.35. The molecule has 0 aliphatic carbocycles. The van der Waals surface area contributed by atoms with Gasteiger partial charge in [0.1, 0.15) is 11.9 Å². The summed E-state index contributed by atoms with van der Waals surface area (Å²) >= 11 is 0. The van der Waals surface area contributed by atoms with Gasteiger partial charge >= 0.3 is 0 Å². The Hall–Kier alpha value is -1.83. The Kier molecular flexibility index (Phi) is 4.93. The van der Waals surface area contributed by atoms with E-state index >= 15 is 0 Å². The number of furan rings is 1. The van der Waals surface area contributed by atoms with Gasteiger partial charge in [0.15, 0.2) is 0 Å². The van der Waals surface area contributed by atoms with Crippen molar-refractivity contribution >= 4 is 10.0 Å². The van der Waals surface area contributed by atoms with Crippen LogP contribution in [0.2, 0.25) is 0 Å². The van der Waals surface area contributed by atoms with Gasteiger partial charge in [-0.1, -0.05) is 12.1 Å². The molecule has 7 heteroatoms. The topological polar surface area (TPSA) is 77.8 Å². The zero-order valence-electron chi connectivity index (χ0n) is 13.6. The largest absolute Gasteiger partial charge is 0.486 e. The first kappa shape index (κ1) is 17.0. The second kappa shape index (κ2) is 6.96. The summed E-state index contributed by atoms with van der Waals surface area (Å²) in [6.45, 7) is 3.95. The van der Waals surface area contributed by atoms with Crippen LogP contribution >= 0.6 is 0 Å². The van der Waals surface area contributed by atoms with Crippen LogP contribution in [0.15, 0.2) is 47.3 Å². The Morgan fingerprint density at radius 1 is 1.12 bits per heavy atom. The maximum Gasteiger partial charge on any atom is 0.214 e. The van der Waals surface area contributed by atoms with Crippen molar-refractivity contribution in [2.24, 2.45) is 0 Å². The molecular formula is C17H21NO5S. The molecule has 1 fully saturated rings. The zero-order chi connectivity index (χ0) is 17.2. The molecule has 2 heterocycles. The van der Waals surface area contributed by atoms with Crippen LogP contribution in [0.25, 0.3) is 11.1 Å². The Bertz CT molecular complexity index is 753. The highest BCUT2D eigenvalue weighted by atomic mass is 32.2. The van der Waals surface area contributed by atoms with E-state index in [9.17, 15) is 8.42 Å². The van der Waals surface area contributed by atoms with E-state index < -0.39 is 15.3 Å². The maximum atomic E-state index is 12.0. The molecular weight excluding hydrogens is 330 g/mol. The van der Waals surface area contributed by atoms with Gasteiger partial charge < -0.3 is 13.9 Å². The van der Waals surface area contributed by atoms with Gasteiger partial charge in [0.2, 0.25) is 10.0 Å². The highest BCUT2D eigenvalue weighted by Crippen LogP contribution is 2.24. The first-order valence-electron chi connectivity index (χ1n) is 7.84. The number of sulfonamides is 1. The van der Waals surface area contributed by atoms with Crippen molar-refractivity contribution in [3.63, 3.8) is 0 Å². The van der Waals surface area contributed by atoms with Crippen LogP contribution < -0.4 is 9.46 Å². The quantitative estimate of drug-likeness (QED) is 0.865. The molecule has 0 amide bonds. The zero-order valence-corrected chi connectivity index (χ0v) is 14.5. The fourth-order valence-electron chi connectivity index (χ4n) is 2.44. The van der Waals surface area contributed by atoms with Crippen LogP contribution in [0.3, 0.4) is 0 Å². The molecule has 0 saturated carbocycles. The van der Waals surface area contributed by atoms with Gasteiger partial charge in [0.05, 0.1) is 37.0 Å². The molecule has 1 aliphatic heterocycles. The van der Waals surface area contributed by atoms with Crippen LogP contribution in [0.4, 0.5) is 0 Å². The summed E-state index contributed by atoms with van der Waals surface area (Å²) in [7, 11) is -3.36. The van der Waals surface area contributed by atoms with E-state index in [1.54, 1.807) is 26.4 Å². The summed E-state index contributed by atoms with van der Waals surface area (Å²) in [6, 6.07) is 9.08.